The molecule has 1 saturated heterocycles. The van der Waals surface area contributed by atoms with Gasteiger partial charge in [-0.3, -0.25) is 4.90 Å². The molecule has 2 rings (SSSR count). The minimum Gasteiger partial charge on any atom is -0.445 e. The van der Waals surface area contributed by atoms with Crippen LogP contribution in [0.2, 0.25) is 0 Å². The zero-order chi connectivity index (χ0) is 12.3. The lowest BCUT2D eigenvalue weighted by Gasteiger charge is -2.38. The topological polar surface area (TPSA) is 53.3 Å². The van der Waals surface area contributed by atoms with Crippen molar-refractivity contribution in [3.63, 3.8) is 0 Å². The van der Waals surface area contributed by atoms with Crippen molar-refractivity contribution in [3.05, 3.63) is 35.9 Å². The van der Waals surface area contributed by atoms with Gasteiger partial charge in [-0.1, -0.05) is 30.3 Å². The summed E-state index contributed by atoms with van der Waals surface area (Å²) in [5.41, 5.74) is -1.03. The van der Waals surface area contributed by atoms with Crippen LogP contribution in [-0.4, -0.2) is 29.8 Å². The van der Waals surface area contributed by atoms with Crippen molar-refractivity contribution in [2.45, 2.75) is 12.3 Å². The van der Waals surface area contributed by atoms with E-state index in [0.717, 1.165) is 5.56 Å². The Labute approximate surface area is 98.2 Å². The number of carbonyl (C=O) groups is 1. The second-order valence-corrected chi connectivity index (χ2v) is 3.97. The molecule has 1 heterocycles. The van der Waals surface area contributed by atoms with Crippen LogP contribution in [0.25, 0.3) is 0 Å². The van der Waals surface area contributed by atoms with Crippen molar-refractivity contribution in [2.24, 2.45) is 0 Å². The first-order chi connectivity index (χ1) is 8.13. The van der Waals surface area contributed by atoms with Crippen LogP contribution in [0.1, 0.15) is 5.56 Å². The van der Waals surface area contributed by atoms with Gasteiger partial charge in [-0.05, 0) is 5.56 Å². The zero-order valence-electron chi connectivity index (χ0n) is 9.10. The van der Waals surface area contributed by atoms with E-state index in [9.17, 15) is 9.18 Å². The fourth-order valence-corrected chi connectivity index (χ4v) is 1.57. The number of rotatable bonds is 2. The first-order valence-corrected chi connectivity index (χ1v) is 5.19. The lowest BCUT2D eigenvalue weighted by Crippen LogP contribution is -2.60. The summed E-state index contributed by atoms with van der Waals surface area (Å²) in [6.45, 7) is -0.268. The van der Waals surface area contributed by atoms with E-state index >= 15 is 0 Å². The summed E-state index contributed by atoms with van der Waals surface area (Å²) in [5.74, 6) is 0. The molecule has 17 heavy (non-hydrogen) atoms. The Morgan fingerprint density at radius 2 is 2.12 bits per heavy atom. The van der Waals surface area contributed by atoms with Gasteiger partial charge in [0.1, 0.15) is 12.7 Å². The Kier molecular flexibility index (Phi) is 2.96. The summed E-state index contributed by atoms with van der Waals surface area (Å²) in [7, 11) is 0. The van der Waals surface area contributed by atoms with E-state index in [2.05, 4.69) is 0 Å². The molecule has 88 valence electrons. The summed E-state index contributed by atoms with van der Waals surface area (Å²) in [4.78, 5) is 12.6. The molecule has 0 aliphatic carbocycles. The zero-order valence-corrected chi connectivity index (χ0v) is 9.10. The Morgan fingerprint density at radius 1 is 1.47 bits per heavy atom. The van der Waals surface area contributed by atoms with Crippen LogP contribution in [0.3, 0.4) is 0 Å². The van der Waals surface area contributed by atoms with Crippen LogP contribution in [0.4, 0.5) is 9.18 Å². The number of hydrogen-bond donors (Lipinski definition) is 0. The second kappa shape index (κ2) is 4.42. The number of alkyl halides is 1. The summed E-state index contributed by atoms with van der Waals surface area (Å²) in [5, 5.41) is 8.45. The first kappa shape index (κ1) is 11.4. The molecule has 1 amide bonds. The summed E-state index contributed by atoms with van der Waals surface area (Å²) in [6.07, 6.45) is -0.586. The van der Waals surface area contributed by atoms with Crippen LogP contribution >= 0.6 is 0 Å². The molecular weight excluding hydrogens is 223 g/mol. The van der Waals surface area contributed by atoms with Gasteiger partial charge in [0.05, 0.1) is 13.1 Å². The number of ether oxygens (including phenoxy) is 1. The third kappa shape index (κ3) is 2.53. The molecule has 0 N–H and O–H groups in total. The molecular formula is C12H11FN2O2. The smallest absolute Gasteiger partial charge is 0.410 e. The fourth-order valence-electron chi connectivity index (χ4n) is 1.57. The third-order valence-electron chi connectivity index (χ3n) is 2.55. The molecule has 0 bridgehead atoms. The van der Waals surface area contributed by atoms with Crippen LogP contribution < -0.4 is 0 Å². The molecule has 0 radical (unpaired) electrons. The molecule has 5 heteroatoms. The highest BCUT2D eigenvalue weighted by Crippen LogP contribution is 2.25. The molecule has 0 aromatic heterocycles. The van der Waals surface area contributed by atoms with Crippen molar-refractivity contribution >= 4 is 6.09 Å². The Balaban J connectivity index is 1.79. The van der Waals surface area contributed by atoms with E-state index < -0.39 is 11.8 Å². The average molecular weight is 234 g/mol. The van der Waals surface area contributed by atoms with E-state index in [1.165, 1.54) is 11.0 Å². The van der Waals surface area contributed by atoms with Gasteiger partial charge in [-0.15, -0.1) is 0 Å². The highest BCUT2D eigenvalue weighted by atomic mass is 19.1. The second-order valence-electron chi connectivity index (χ2n) is 3.97. The monoisotopic (exact) mass is 234 g/mol. The van der Waals surface area contributed by atoms with Gasteiger partial charge in [0, 0.05) is 0 Å². The van der Waals surface area contributed by atoms with Gasteiger partial charge in [-0.2, -0.15) is 5.26 Å². The maximum atomic E-state index is 13.2. The highest BCUT2D eigenvalue weighted by molar-refractivity contribution is 5.69. The van der Waals surface area contributed by atoms with Crippen molar-refractivity contribution in [1.82, 2.24) is 4.90 Å². The number of amides is 1. The SMILES string of the molecule is N#CC1(F)CN(C(=O)OCc2ccccc2)C1. The molecule has 1 aromatic carbocycles. The van der Waals surface area contributed by atoms with Gasteiger partial charge in [0.15, 0.2) is 0 Å². The number of likely N-dealkylation sites (tertiary alicyclic amines) is 1. The summed E-state index contributed by atoms with van der Waals surface area (Å²) in [6, 6.07) is 10.7. The molecule has 1 aromatic rings. The largest absolute Gasteiger partial charge is 0.445 e. The van der Waals surface area contributed by atoms with Gasteiger partial charge in [0.25, 0.3) is 0 Å². The maximum absolute atomic E-state index is 13.2. The predicted octanol–water partition coefficient (Wildman–Crippen LogP) is 1.87. The normalized spacial score (nSPS) is 16.8. The van der Waals surface area contributed by atoms with Crippen LogP contribution in [0.5, 0.6) is 0 Å². The molecule has 0 unspecified atom stereocenters. The lowest BCUT2D eigenvalue weighted by molar-refractivity contribution is 0.00202. The van der Waals surface area contributed by atoms with Crippen LogP contribution in [-0.2, 0) is 11.3 Å². The third-order valence-corrected chi connectivity index (χ3v) is 2.55. The summed E-state index contributed by atoms with van der Waals surface area (Å²) < 4.78 is 18.2. The van der Waals surface area contributed by atoms with Crippen molar-refractivity contribution in [2.75, 3.05) is 13.1 Å². The molecule has 0 atom stereocenters. The molecule has 1 aliphatic heterocycles. The average Bonchev–Trinajstić information content (AvgIpc) is 2.33. The Morgan fingerprint density at radius 3 is 2.71 bits per heavy atom. The lowest BCUT2D eigenvalue weighted by atomic mass is 9.99. The van der Waals surface area contributed by atoms with Gasteiger partial charge in [-0.25, -0.2) is 9.18 Å². The number of nitrogens with zero attached hydrogens (tertiary/aromatic N) is 2. The van der Waals surface area contributed by atoms with E-state index in [1.807, 2.05) is 30.3 Å². The van der Waals surface area contributed by atoms with Crippen LogP contribution in [0.15, 0.2) is 30.3 Å². The molecule has 1 fully saturated rings. The quantitative estimate of drug-likeness (QED) is 0.784. The standard InChI is InChI=1S/C12H11FN2O2/c13-12(7-14)8-15(9-12)11(16)17-6-10-4-2-1-3-5-10/h1-5H,6,8-9H2. The maximum Gasteiger partial charge on any atom is 0.410 e. The summed E-state index contributed by atoms with van der Waals surface area (Å²) >= 11 is 0. The van der Waals surface area contributed by atoms with Crippen molar-refractivity contribution in [3.8, 4) is 6.07 Å². The minimum absolute atomic E-state index is 0.155. The van der Waals surface area contributed by atoms with Gasteiger partial charge in [0.2, 0.25) is 5.67 Å². The van der Waals surface area contributed by atoms with Crippen molar-refractivity contribution < 1.29 is 13.9 Å². The highest BCUT2D eigenvalue weighted by Gasteiger charge is 2.47. The van der Waals surface area contributed by atoms with Gasteiger partial charge >= 0.3 is 6.09 Å². The number of carbonyl (C=O) groups excluding carboxylic acids is 1. The molecule has 0 spiro atoms. The molecule has 0 saturated carbocycles. The number of nitriles is 1. The van der Waals surface area contributed by atoms with E-state index in [0.29, 0.717) is 0 Å². The van der Waals surface area contributed by atoms with Gasteiger partial charge < -0.3 is 4.74 Å². The van der Waals surface area contributed by atoms with E-state index in [1.54, 1.807) is 0 Å². The van der Waals surface area contributed by atoms with Crippen LogP contribution in [0, 0.1) is 11.3 Å². The van der Waals surface area contributed by atoms with E-state index in [4.69, 9.17) is 10.00 Å². The predicted molar refractivity (Wildman–Crippen MR) is 57.7 cm³/mol. The molecule has 1 aliphatic rings. The Bertz CT molecular complexity index is 449. The number of halogens is 1. The fraction of sp³-hybridized carbons (Fsp3) is 0.333. The minimum atomic E-state index is -1.90. The molecule has 4 nitrogen and oxygen atoms in total. The first-order valence-electron chi connectivity index (χ1n) is 5.19. The van der Waals surface area contributed by atoms with Crippen molar-refractivity contribution in [1.29, 1.82) is 5.26 Å². The number of benzene rings is 1. The number of hydrogen-bond acceptors (Lipinski definition) is 3. The van der Waals surface area contributed by atoms with E-state index in [-0.39, 0.29) is 19.7 Å². The Hall–Kier alpha value is -2.09.